The average Bonchev–Trinajstić information content (AvgIpc) is 2.96. The molecule has 2 rings (SSSR count). The lowest BCUT2D eigenvalue weighted by molar-refractivity contribution is 0.152. The Morgan fingerprint density at radius 2 is 2.05 bits per heavy atom. The molecule has 2 N–H and O–H groups in total. The number of hydrogen-bond acceptors (Lipinski definition) is 4. The van der Waals surface area contributed by atoms with Gasteiger partial charge < -0.3 is 24.8 Å². The lowest BCUT2D eigenvalue weighted by Crippen LogP contribution is -2.39. The van der Waals surface area contributed by atoms with Gasteiger partial charge in [-0.15, -0.1) is 24.0 Å². The molecule has 124 valence electrons. The number of fused-ring (bicyclic) bond motifs is 1. The van der Waals surface area contributed by atoms with Crippen molar-refractivity contribution in [2.75, 3.05) is 33.1 Å². The predicted molar refractivity (Wildman–Crippen MR) is 97.3 cm³/mol. The maximum absolute atomic E-state index is 5.37. The van der Waals surface area contributed by atoms with Crippen molar-refractivity contribution in [2.24, 2.45) is 4.99 Å². The maximum atomic E-state index is 5.37. The molecule has 7 heteroatoms. The van der Waals surface area contributed by atoms with Crippen LogP contribution in [0.4, 0.5) is 0 Å². The van der Waals surface area contributed by atoms with E-state index in [4.69, 9.17) is 14.2 Å². The van der Waals surface area contributed by atoms with Crippen molar-refractivity contribution in [3.63, 3.8) is 0 Å². The summed E-state index contributed by atoms with van der Waals surface area (Å²) in [5.74, 6) is 2.37. The standard InChI is InChI=1S/C15H23N3O3.HI/c1-3-16-15(17-7-8-19-4-2)18-10-12-5-6-13-14(9-12)21-11-20-13;/h5-6,9H,3-4,7-8,10-11H2,1-2H3,(H2,16,17,18);1H. The molecule has 0 fully saturated rings. The number of ether oxygens (including phenoxy) is 3. The first-order valence-corrected chi connectivity index (χ1v) is 7.32. The lowest BCUT2D eigenvalue weighted by Gasteiger charge is -2.11. The molecule has 0 radical (unpaired) electrons. The van der Waals surface area contributed by atoms with Gasteiger partial charge in [-0.3, -0.25) is 0 Å². The fourth-order valence-electron chi connectivity index (χ4n) is 1.94. The molecule has 1 aromatic rings. The maximum Gasteiger partial charge on any atom is 0.231 e. The van der Waals surface area contributed by atoms with Crippen LogP contribution < -0.4 is 20.1 Å². The van der Waals surface area contributed by atoms with E-state index in [1.807, 2.05) is 32.0 Å². The molecule has 0 amide bonds. The van der Waals surface area contributed by atoms with Crippen LogP contribution in [-0.4, -0.2) is 39.1 Å². The van der Waals surface area contributed by atoms with E-state index in [1.165, 1.54) is 0 Å². The van der Waals surface area contributed by atoms with Gasteiger partial charge in [-0.05, 0) is 31.5 Å². The Kier molecular flexibility index (Phi) is 8.98. The van der Waals surface area contributed by atoms with Gasteiger partial charge in [0.15, 0.2) is 17.5 Å². The average molecular weight is 421 g/mol. The highest BCUT2D eigenvalue weighted by molar-refractivity contribution is 14.0. The van der Waals surface area contributed by atoms with E-state index in [9.17, 15) is 0 Å². The number of benzene rings is 1. The largest absolute Gasteiger partial charge is 0.454 e. The van der Waals surface area contributed by atoms with Crippen LogP contribution in [0.3, 0.4) is 0 Å². The predicted octanol–water partition coefficient (Wildman–Crippen LogP) is 2.12. The van der Waals surface area contributed by atoms with E-state index in [0.29, 0.717) is 19.9 Å². The molecular weight excluding hydrogens is 397 g/mol. The zero-order chi connectivity index (χ0) is 14.9. The van der Waals surface area contributed by atoms with Gasteiger partial charge in [0.1, 0.15) is 0 Å². The zero-order valence-electron chi connectivity index (χ0n) is 13.1. The highest BCUT2D eigenvalue weighted by atomic mass is 127. The van der Waals surface area contributed by atoms with E-state index in [-0.39, 0.29) is 24.0 Å². The molecule has 1 heterocycles. The summed E-state index contributed by atoms with van der Waals surface area (Å²) in [4.78, 5) is 4.55. The first-order valence-electron chi connectivity index (χ1n) is 7.32. The minimum absolute atomic E-state index is 0. The van der Waals surface area contributed by atoms with Crippen molar-refractivity contribution < 1.29 is 14.2 Å². The topological polar surface area (TPSA) is 64.1 Å². The number of nitrogens with one attached hydrogen (secondary N) is 2. The third-order valence-electron chi connectivity index (χ3n) is 2.94. The first-order chi connectivity index (χ1) is 10.3. The van der Waals surface area contributed by atoms with Crippen LogP contribution in [0.15, 0.2) is 23.2 Å². The van der Waals surface area contributed by atoms with Gasteiger partial charge in [-0.1, -0.05) is 6.07 Å². The second-order valence-corrected chi connectivity index (χ2v) is 4.51. The molecule has 1 aliphatic heterocycles. The second kappa shape index (κ2) is 10.5. The van der Waals surface area contributed by atoms with Crippen LogP contribution in [-0.2, 0) is 11.3 Å². The monoisotopic (exact) mass is 421 g/mol. The summed E-state index contributed by atoms with van der Waals surface area (Å²) in [6.07, 6.45) is 0. The SMILES string of the molecule is CCNC(=NCc1ccc2c(c1)OCO2)NCCOCC.I. The first kappa shape index (κ1) is 18.8. The van der Waals surface area contributed by atoms with Crippen molar-refractivity contribution in [3.8, 4) is 11.5 Å². The summed E-state index contributed by atoms with van der Waals surface area (Å²) in [6, 6.07) is 5.89. The van der Waals surface area contributed by atoms with E-state index in [2.05, 4.69) is 15.6 Å². The van der Waals surface area contributed by atoms with Gasteiger partial charge in [0.05, 0.1) is 13.2 Å². The Morgan fingerprint density at radius 3 is 2.82 bits per heavy atom. The molecule has 0 spiro atoms. The summed E-state index contributed by atoms with van der Waals surface area (Å²) in [7, 11) is 0. The molecule has 0 aliphatic carbocycles. The Hall–Kier alpha value is -1.22. The fraction of sp³-hybridized carbons (Fsp3) is 0.533. The summed E-state index contributed by atoms with van der Waals surface area (Å²) >= 11 is 0. The zero-order valence-corrected chi connectivity index (χ0v) is 15.4. The molecule has 0 atom stereocenters. The van der Waals surface area contributed by atoms with Crippen LogP contribution in [0.1, 0.15) is 19.4 Å². The van der Waals surface area contributed by atoms with Gasteiger partial charge in [0.25, 0.3) is 0 Å². The molecule has 0 aromatic heterocycles. The van der Waals surface area contributed by atoms with Gasteiger partial charge in [0.2, 0.25) is 6.79 Å². The number of nitrogens with zero attached hydrogens (tertiary/aromatic N) is 1. The normalized spacial score (nSPS) is 12.7. The summed E-state index contributed by atoms with van der Waals surface area (Å²) in [6.45, 7) is 7.86. The van der Waals surface area contributed by atoms with Crippen LogP contribution in [0.5, 0.6) is 11.5 Å². The molecule has 0 saturated heterocycles. The quantitative estimate of drug-likeness (QED) is 0.306. The van der Waals surface area contributed by atoms with Crippen LogP contribution in [0, 0.1) is 0 Å². The van der Waals surface area contributed by atoms with Crippen LogP contribution in [0.2, 0.25) is 0 Å². The minimum atomic E-state index is 0. The number of aliphatic imine (C=N–C) groups is 1. The number of rotatable bonds is 7. The molecule has 0 unspecified atom stereocenters. The van der Waals surface area contributed by atoms with Crippen molar-refractivity contribution >= 4 is 29.9 Å². The summed E-state index contributed by atoms with van der Waals surface area (Å²) in [5, 5.41) is 6.45. The third-order valence-corrected chi connectivity index (χ3v) is 2.94. The highest BCUT2D eigenvalue weighted by Gasteiger charge is 2.12. The van der Waals surface area contributed by atoms with E-state index >= 15 is 0 Å². The van der Waals surface area contributed by atoms with Gasteiger partial charge >= 0.3 is 0 Å². The molecular formula is C15H24IN3O3. The van der Waals surface area contributed by atoms with E-state index in [1.54, 1.807) is 0 Å². The van der Waals surface area contributed by atoms with E-state index in [0.717, 1.165) is 42.7 Å². The molecule has 1 aliphatic rings. The van der Waals surface area contributed by atoms with Crippen molar-refractivity contribution in [1.29, 1.82) is 0 Å². The van der Waals surface area contributed by atoms with Crippen molar-refractivity contribution in [2.45, 2.75) is 20.4 Å². The fourth-order valence-corrected chi connectivity index (χ4v) is 1.94. The summed E-state index contributed by atoms with van der Waals surface area (Å²) < 4.78 is 16.0. The Morgan fingerprint density at radius 1 is 1.23 bits per heavy atom. The number of hydrogen-bond donors (Lipinski definition) is 2. The number of halogens is 1. The van der Waals surface area contributed by atoms with E-state index < -0.39 is 0 Å². The Balaban J connectivity index is 0.00000242. The molecule has 1 aromatic carbocycles. The van der Waals surface area contributed by atoms with Gasteiger partial charge in [-0.25, -0.2) is 4.99 Å². The third kappa shape index (κ3) is 5.88. The summed E-state index contributed by atoms with van der Waals surface area (Å²) in [5.41, 5.74) is 1.08. The Labute approximate surface area is 148 Å². The molecule has 0 bridgehead atoms. The minimum Gasteiger partial charge on any atom is -0.454 e. The molecule has 22 heavy (non-hydrogen) atoms. The lowest BCUT2D eigenvalue weighted by atomic mass is 10.2. The van der Waals surface area contributed by atoms with Crippen molar-refractivity contribution in [1.82, 2.24) is 10.6 Å². The molecule has 6 nitrogen and oxygen atoms in total. The Bertz CT molecular complexity index is 483. The highest BCUT2D eigenvalue weighted by Crippen LogP contribution is 2.32. The van der Waals surface area contributed by atoms with Gasteiger partial charge in [-0.2, -0.15) is 0 Å². The number of guanidine groups is 1. The van der Waals surface area contributed by atoms with Crippen molar-refractivity contribution in [3.05, 3.63) is 23.8 Å². The molecule has 0 saturated carbocycles. The smallest absolute Gasteiger partial charge is 0.231 e. The van der Waals surface area contributed by atoms with Crippen LogP contribution in [0.25, 0.3) is 0 Å². The van der Waals surface area contributed by atoms with Gasteiger partial charge in [0, 0.05) is 19.7 Å². The van der Waals surface area contributed by atoms with Crippen LogP contribution >= 0.6 is 24.0 Å². The second-order valence-electron chi connectivity index (χ2n) is 4.51.